The second-order valence-corrected chi connectivity index (χ2v) is 5.71. The molecule has 0 spiro atoms. The van der Waals surface area contributed by atoms with Gasteiger partial charge in [0.05, 0.1) is 0 Å². The largest absolute Gasteiger partial charge is 0.122 e. The minimum atomic E-state index is 0.558. The third kappa shape index (κ3) is 3.20. The summed E-state index contributed by atoms with van der Waals surface area (Å²) in [5.74, 6) is 0. The van der Waals surface area contributed by atoms with Crippen LogP contribution in [-0.4, -0.2) is 10.1 Å². The Morgan fingerprint density at radius 1 is 1.17 bits per heavy atom. The molecule has 0 N–H and O–H groups in total. The van der Waals surface area contributed by atoms with Crippen molar-refractivity contribution < 1.29 is 0 Å². The van der Waals surface area contributed by atoms with E-state index >= 15 is 0 Å². The van der Waals surface area contributed by atoms with E-state index in [-0.39, 0.29) is 0 Å². The third-order valence-electron chi connectivity index (χ3n) is 1.71. The molecule has 0 saturated carbocycles. The Balaban J connectivity index is 2.53. The molecular weight excluding hydrogens is 232 g/mol. The minimum absolute atomic E-state index is 0.558. The zero-order valence-electron chi connectivity index (χ0n) is 7.33. The second kappa shape index (κ2) is 4.93. The van der Waals surface area contributed by atoms with Gasteiger partial charge in [-0.15, -0.1) is 11.8 Å². The van der Waals surface area contributed by atoms with E-state index in [4.69, 9.17) is 0 Å². The van der Waals surface area contributed by atoms with Crippen molar-refractivity contribution in [1.29, 1.82) is 0 Å². The Morgan fingerprint density at radius 3 is 2.25 bits per heavy atom. The van der Waals surface area contributed by atoms with E-state index in [9.17, 15) is 0 Å². The van der Waals surface area contributed by atoms with E-state index in [1.807, 2.05) is 17.8 Å². The molecule has 0 heterocycles. The van der Waals surface area contributed by atoms with E-state index in [2.05, 4.69) is 54.0 Å². The van der Waals surface area contributed by atoms with Gasteiger partial charge in [-0.1, -0.05) is 48.0 Å². The van der Waals surface area contributed by atoms with Gasteiger partial charge in [0, 0.05) is 15.0 Å². The van der Waals surface area contributed by atoms with Crippen LogP contribution < -0.4 is 0 Å². The van der Waals surface area contributed by atoms with Crippen molar-refractivity contribution in [2.24, 2.45) is 0 Å². The van der Waals surface area contributed by atoms with Gasteiger partial charge in [0.15, 0.2) is 0 Å². The zero-order valence-corrected chi connectivity index (χ0v) is 9.73. The fourth-order valence-corrected chi connectivity index (χ4v) is 2.06. The van der Waals surface area contributed by atoms with Crippen LogP contribution in [0.25, 0.3) is 0 Å². The number of alkyl halides is 1. The van der Waals surface area contributed by atoms with Crippen LogP contribution in [0.5, 0.6) is 0 Å². The van der Waals surface area contributed by atoms with Crippen LogP contribution in [0.15, 0.2) is 35.2 Å². The maximum Gasteiger partial charge on any atom is 0.0237 e. The molecule has 0 radical (unpaired) electrons. The first kappa shape index (κ1) is 10.1. The van der Waals surface area contributed by atoms with Crippen molar-refractivity contribution in [3.05, 3.63) is 30.3 Å². The lowest BCUT2D eigenvalue weighted by molar-refractivity contribution is 0.942. The van der Waals surface area contributed by atoms with Gasteiger partial charge in [-0.3, -0.25) is 0 Å². The molecule has 2 heteroatoms. The van der Waals surface area contributed by atoms with E-state index in [0.29, 0.717) is 10.1 Å². The van der Waals surface area contributed by atoms with Crippen LogP contribution in [0, 0.1) is 0 Å². The Labute approximate surface area is 86.9 Å². The van der Waals surface area contributed by atoms with Crippen LogP contribution in [0.3, 0.4) is 0 Å². The number of hydrogen-bond acceptors (Lipinski definition) is 1. The molecule has 2 atom stereocenters. The molecule has 0 bridgehead atoms. The summed E-state index contributed by atoms with van der Waals surface area (Å²) in [6.45, 7) is 4.41. The van der Waals surface area contributed by atoms with E-state index in [0.717, 1.165) is 0 Å². The molecule has 1 aromatic rings. The monoisotopic (exact) mass is 244 g/mol. The van der Waals surface area contributed by atoms with Crippen LogP contribution in [0.4, 0.5) is 0 Å². The Morgan fingerprint density at radius 2 is 1.75 bits per heavy atom. The minimum Gasteiger partial charge on any atom is -0.122 e. The highest BCUT2D eigenvalue weighted by molar-refractivity contribution is 9.09. The maximum absolute atomic E-state index is 3.58. The topological polar surface area (TPSA) is 0 Å². The molecule has 66 valence electrons. The summed E-state index contributed by atoms with van der Waals surface area (Å²) in [5, 5.41) is 0.618. The van der Waals surface area contributed by atoms with Crippen molar-refractivity contribution in [3.8, 4) is 0 Å². The second-order valence-electron chi connectivity index (χ2n) is 2.81. The number of rotatable bonds is 3. The normalized spacial score (nSPS) is 15.6. The summed E-state index contributed by atoms with van der Waals surface area (Å²) >= 11 is 5.48. The van der Waals surface area contributed by atoms with Crippen molar-refractivity contribution in [2.75, 3.05) is 0 Å². The first-order valence-corrected chi connectivity index (χ1v) is 5.85. The van der Waals surface area contributed by atoms with Gasteiger partial charge in [-0.25, -0.2) is 0 Å². The lowest BCUT2D eigenvalue weighted by Crippen LogP contribution is -2.07. The molecule has 1 aromatic carbocycles. The summed E-state index contributed by atoms with van der Waals surface area (Å²) < 4.78 is 0. The molecule has 0 aromatic heterocycles. The molecular formula is C10H13BrS. The van der Waals surface area contributed by atoms with Crippen molar-refractivity contribution in [2.45, 2.75) is 28.8 Å². The maximum atomic E-state index is 3.58. The summed E-state index contributed by atoms with van der Waals surface area (Å²) in [7, 11) is 0. The van der Waals surface area contributed by atoms with Gasteiger partial charge in [-0.05, 0) is 12.1 Å². The molecule has 12 heavy (non-hydrogen) atoms. The first-order valence-electron chi connectivity index (χ1n) is 4.06. The highest BCUT2D eigenvalue weighted by Crippen LogP contribution is 2.27. The Kier molecular flexibility index (Phi) is 4.16. The Bertz CT molecular complexity index is 221. The van der Waals surface area contributed by atoms with Gasteiger partial charge in [0.25, 0.3) is 0 Å². The van der Waals surface area contributed by atoms with Gasteiger partial charge < -0.3 is 0 Å². The molecule has 0 aliphatic carbocycles. The SMILES string of the molecule is CC(Sc1ccccc1)[C@H](C)Br. The predicted octanol–water partition coefficient (Wildman–Crippen LogP) is 3.95. The summed E-state index contributed by atoms with van der Waals surface area (Å²) in [4.78, 5) is 1.90. The smallest absolute Gasteiger partial charge is 0.0237 e. The van der Waals surface area contributed by atoms with E-state index in [1.165, 1.54) is 4.90 Å². The standard InChI is InChI=1S/C10H13BrS/c1-8(11)9(2)12-10-6-4-3-5-7-10/h3-9H,1-2H3/t8-,9?/m0/s1. The fourth-order valence-electron chi connectivity index (χ4n) is 0.807. The number of benzene rings is 1. The van der Waals surface area contributed by atoms with Gasteiger partial charge in [0.2, 0.25) is 0 Å². The number of hydrogen-bond donors (Lipinski definition) is 0. The summed E-state index contributed by atoms with van der Waals surface area (Å²) in [6.07, 6.45) is 0. The van der Waals surface area contributed by atoms with Crippen molar-refractivity contribution in [1.82, 2.24) is 0 Å². The fraction of sp³-hybridized carbons (Fsp3) is 0.400. The van der Waals surface area contributed by atoms with Crippen LogP contribution in [-0.2, 0) is 0 Å². The average molecular weight is 245 g/mol. The number of thioether (sulfide) groups is 1. The van der Waals surface area contributed by atoms with Crippen LogP contribution >= 0.6 is 27.7 Å². The summed E-state index contributed by atoms with van der Waals surface area (Å²) in [5.41, 5.74) is 0. The van der Waals surface area contributed by atoms with E-state index < -0.39 is 0 Å². The van der Waals surface area contributed by atoms with Gasteiger partial charge in [-0.2, -0.15) is 0 Å². The third-order valence-corrected chi connectivity index (χ3v) is 4.18. The molecule has 0 aliphatic rings. The van der Waals surface area contributed by atoms with Crippen LogP contribution in [0.1, 0.15) is 13.8 Å². The van der Waals surface area contributed by atoms with Crippen molar-refractivity contribution >= 4 is 27.7 Å². The summed E-state index contributed by atoms with van der Waals surface area (Å²) in [6, 6.07) is 10.5. The van der Waals surface area contributed by atoms with E-state index in [1.54, 1.807) is 0 Å². The highest BCUT2D eigenvalue weighted by atomic mass is 79.9. The average Bonchev–Trinajstić information content (AvgIpc) is 2.06. The molecule has 0 fully saturated rings. The molecule has 1 unspecified atom stereocenters. The van der Waals surface area contributed by atoms with Gasteiger partial charge in [0.1, 0.15) is 0 Å². The van der Waals surface area contributed by atoms with Gasteiger partial charge >= 0.3 is 0 Å². The predicted molar refractivity (Wildman–Crippen MR) is 60.2 cm³/mol. The quantitative estimate of drug-likeness (QED) is 0.574. The van der Waals surface area contributed by atoms with Crippen molar-refractivity contribution in [3.63, 3.8) is 0 Å². The molecule has 0 amide bonds. The first-order chi connectivity index (χ1) is 5.70. The molecule has 0 saturated heterocycles. The lowest BCUT2D eigenvalue weighted by Gasteiger charge is -2.12. The molecule has 0 aliphatic heterocycles. The molecule has 1 rings (SSSR count). The number of halogens is 1. The lowest BCUT2D eigenvalue weighted by atomic mass is 10.4. The zero-order chi connectivity index (χ0) is 8.97. The van der Waals surface area contributed by atoms with Crippen LogP contribution in [0.2, 0.25) is 0 Å². The highest BCUT2D eigenvalue weighted by Gasteiger charge is 2.09. The molecule has 0 nitrogen and oxygen atoms in total. The Hall–Kier alpha value is 0.0500.